The smallest absolute Gasteiger partial charge is 0.325 e. The van der Waals surface area contributed by atoms with Gasteiger partial charge in [-0.25, -0.2) is 4.98 Å². The van der Waals surface area contributed by atoms with E-state index in [9.17, 15) is 4.57 Å². The van der Waals surface area contributed by atoms with Crippen LogP contribution in [0, 0.1) is 5.92 Å². The molecule has 0 aliphatic carbocycles. The largest absolute Gasteiger partial charge is 0.355 e. The number of nitrogens with zero attached hydrogens (tertiary/aromatic N) is 5. The maximum absolute atomic E-state index is 10.8. The van der Waals surface area contributed by atoms with Gasteiger partial charge in [-0.3, -0.25) is 4.57 Å². The second kappa shape index (κ2) is 5.55. The van der Waals surface area contributed by atoms with E-state index in [1.165, 1.54) is 0 Å². The number of anilines is 1. The van der Waals surface area contributed by atoms with E-state index < -0.39 is 7.60 Å². The molecule has 2 aromatic rings. The van der Waals surface area contributed by atoms with Gasteiger partial charge in [-0.15, -0.1) is 10.2 Å². The summed E-state index contributed by atoms with van der Waals surface area (Å²) in [6, 6.07) is 0. The number of nitrogens with one attached hydrogen (secondary N) is 2. The minimum Gasteiger partial charge on any atom is -0.355 e. The van der Waals surface area contributed by atoms with E-state index in [-0.39, 0.29) is 6.16 Å². The summed E-state index contributed by atoms with van der Waals surface area (Å²) < 4.78 is 12.8. The zero-order valence-electron chi connectivity index (χ0n) is 11.2. The number of rotatable bonds is 5. The van der Waals surface area contributed by atoms with Crippen molar-refractivity contribution in [3.05, 3.63) is 6.20 Å². The monoisotopic (exact) mass is 313 g/mol. The Bertz CT molecular complexity index is 650. The van der Waals surface area contributed by atoms with Crippen molar-refractivity contribution in [3.8, 4) is 11.5 Å². The molecular weight excluding hydrogens is 297 g/mol. The lowest BCUT2D eigenvalue weighted by Gasteiger charge is -2.24. The summed E-state index contributed by atoms with van der Waals surface area (Å²) in [7, 11) is -3.89. The maximum atomic E-state index is 10.8. The van der Waals surface area contributed by atoms with E-state index in [4.69, 9.17) is 9.79 Å². The highest BCUT2D eigenvalue weighted by atomic mass is 31.2. The lowest BCUT2D eigenvalue weighted by Crippen LogP contribution is -2.27. The van der Waals surface area contributed by atoms with Crippen molar-refractivity contribution in [3.63, 3.8) is 0 Å². The average Bonchev–Trinajstić information content (AvgIpc) is 3.05. The molecule has 0 amide bonds. The van der Waals surface area contributed by atoms with Gasteiger partial charge in [0.05, 0.1) is 0 Å². The minimum absolute atomic E-state index is 0.0611. The van der Waals surface area contributed by atoms with Crippen LogP contribution >= 0.6 is 7.60 Å². The van der Waals surface area contributed by atoms with Crippen LogP contribution in [0.25, 0.3) is 11.5 Å². The standard InChI is InChI=1S/C10H16N7O3P/c18-21(19,20)3-1-2-7-4-11-10-12-8(6-17(10)5-7)9-13-15-16-14-9/h6-7H,1-5H2,(H,11,12)(H2,18,19,20)(H,13,14,15,16). The molecule has 11 heteroatoms. The molecule has 1 aliphatic heterocycles. The number of fused-ring (bicyclic) bond motifs is 1. The number of tetrazole rings is 1. The normalized spacial score (nSPS) is 18.3. The van der Waals surface area contributed by atoms with Gasteiger partial charge in [0.15, 0.2) is 0 Å². The Balaban J connectivity index is 1.62. The van der Waals surface area contributed by atoms with Gasteiger partial charge in [-0.1, -0.05) is 0 Å². The van der Waals surface area contributed by atoms with Gasteiger partial charge in [0, 0.05) is 25.4 Å². The molecular formula is C10H16N7O3P. The van der Waals surface area contributed by atoms with E-state index in [1.807, 2.05) is 10.8 Å². The topological polar surface area (TPSA) is 142 Å². The van der Waals surface area contributed by atoms with Crippen LogP contribution in [0.2, 0.25) is 0 Å². The van der Waals surface area contributed by atoms with Crippen LogP contribution in [0.5, 0.6) is 0 Å². The first kappa shape index (κ1) is 14.2. The molecule has 1 aliphatic rings. The first-order valence-electron chi connectivity index (χ1n) is 6.61. The molecule has 0 spiro atoms. The van der Waals surface area contributed by atoms with Gasteiger partial charge >= 0.3 is 7.60 Å². The van der Waals surface area contributed by atoms with Crippen LogP contribution in [0.3, 0.4) is 0 Å². The summed E-state index contributed by atoms with van der Waals surface area (Å²) in [6.07, 6.45) is 3.06. The van der Waals surface area contributed by atoms with Crippen LogP contribution in [-0.4, -0.2) is 52.7 Å². The van der Waals surface area contributed by atoms with E-state index in [0.29, 0.717) is 23.9 Å². The van der Waals surface area contributed by atoms with Gasteiger partial charge in [0.1, 0.15) is 5.69 Å². The van der Waals surface area contributed by atoms with E-state index in [1.54, 1.807) is 0 Å². The Hall–Kier alpha value is -1.77. The fourth-order valence-electron chi connectivity index (χ4n) is 2.43. The van der Waals surface area contributed by atoms with Crippen LogP contribution < -0.4 is 5.32 Å². The lowest BCUT2D eigenvalue weighted by molar-refractivity contribution is 0.362. The predicted octanol–water partition coefficient (Wildman–Crippen LogP) is 0.0628. The van der Waals surface area contributed by atoms with Crippen molar-refractivity contribution in [1.29, 1.82) is 0 Å². The van der Waals surface area contributed by atoms with E-state index in [2.05, 4.69) is 30.9 Å². The SMILES string of the molecule is O=P(O)(O)CCCC1CNc2nc(-c3nn[nH]n3)cn2C1. The highest BCUT2D eigenvalue weighted by Crippen LogP contribution is 2.36. The molecule has 0 saturated carbocycles. The third-order valence-corrected chi connectivity index (χ3v) is 4.32. The zero-order valence-corrected chi connectivity index (χ0v) is 12.1. The van der Waals surface area contributed by atoms with Crippen molar-refractivity contribution in [2.75, 3.05) is 18.0 Å². The van der Waals surface area contributed by atoms with Crippen molar-refractivity contribution in [2.24, 2.45) is 5.92 Å². The minimum atomic E-state index is -3.89. The van der Waals surface area contributed by atoms with Crippen molar-refractivity contribution < 1.29 is 14.4 Å². The first-order valence-corrected chi connectivity index (χ1v) is 8.40. The number of aromatic nitrogens is 6. The van der Waals surface area contributed by atoms with E-state index in [0.717, 1.165) is 25.5 Å². The van der Waals surface area contributed by atoms with Crippen molar-refractivity contribution in [1.82, 2.24) is 30.2 Å². The Kier molecular flexibility index (Phi) is 3.75. The molecule has 4 N–H and O–H groups in total. The highest BCUT2D eigenvalue weighted by Gasteiger charge is 2.22. The van der Waals surface area contributed by atoms with Crippen molar-refractivity contribution >= 4 is 13.5 Å². The Morgan fingerprint density at radius 3 is 3.05 bits per heavy atom. The number of hydrogen-bond acceptors (Lipinski definition) is 6. The molecule has 0 fully saturated rings. The molecule has 1 unspecified atom stereocenters. The molecule has 10 nitrogen and oxygen atoms in total. The molecule has 1 atom stereocenters. The quantitative estimate of drug-likeness (QED) is 0.568. The van der Waals surface area contributed by atoms with Gasteiger partial charge < -0.3 is 19.7 Å². The maximum Gasteiger partial charge on any atom is 0.325 e. The molecule has 0 bridgehead atoms. The number of H-pyrrole nitrogens is 1. The lowest BCUT2D eigenvalue weighted by atomic mass is 10.0. The van der Waals surface area contributed by atoms with Crippen LogP contribution in [-0.2, 0) is 11.1 Å². The number of hydrogen-bond donors (Lipinski definition) is 4. The summed E-state index contributed by atoms with van der Waals surface area (Å²) in [5.41, 5.74) is 0.641. The fraction of sp³-hybridized carbons (Fsp3) is 0.600. The van der Waals surface area contributed by atoms with Crippen LogP contribution in [0.1, 0.15) is 12.8 Å². The first-order chi connectivity index (χ1) is 10.0. The highest BCUT2D eigenvalue weighted by molar-refractivity contribution is 7.51. The summed E-state index contributed by atoms with van der Waals surface area (Å²) in [5.74, 6) is 1.51. The average molecular weight is 313 g/mol. The van der Waals surface area contributed by atoms with Gasteiger partial charge in [-0.2, -0.15) is 5.21 Å². The van der Waals surface area contributed by atoms with Crippen LogP contribution in [0.4, 0.5) is 5.95 Å². The van der Waals surface area contributed by atoms with Crippen LogP contribution in [0.15, 0.2) is 6.20 Å². The molecule has 3 rings (SSSR count). The van der Waals surface area contributed by atoms with Gasteiger partial charge in [0.25, 0.3) is 0 Å². The summed E-state index contributed by atoms with van der Waals surface area (Å²) in [4.78, 5) is 22.1. The third kappa shape index (κ3) is 3.46. The number of aromatic amines is 1. The molecule has 2 aromatic heterocycles. The third-order valence-electron chi connectivity index (χ3n) is 3.42. The fourth-order valence-corrected chi connectivity index (χ4v) is 3.03. The second-order valence-corrected chi connectivity index (χ2v) is 6.89. The molecule has 0 radical (unpaired) electrons. The summed E-state index contributed by atoms with van der Waals surface area (Å²) in [6.45, 7) is 1.50. The molecule has 3 heterocycles. The van der Waals surface area contributed by atoms with Gasteiger partial charge in [-0.05, 0) is 24.0 Å². The second-order valence-electron chi connectivity index (χ2n) is 5.11. The Labute approximate surface area is 120 Å². The predicted molar refractivity (Wildman–Crippen MR) is 73.5 cm³/mol. The Morgan fingerprint density at radius 2 is 2.33 bits per heavy atom. The molecule has 21 heavy (non-hydrogen) atoms. The summed E-state index contributed by atoms with van der Waals surface area (Å²) in [5, 5.41) is 16.9. The molecule has 0 saturated heterocycles. The number of imidazole rings is 1. The van der Waals surface area contributed by atoms with Gasteiger partial charge in [0.2, 0.25) is 11.8 Å². The zero-order chi connectivity index (χ0) is 14.9. The summed E-state index contributed by atoms with van der Waals surface area (Å²) >= 11 is 0. The Morgan fingerprint density at radius 1 is 1.48 bits per heavy atom. The molecule has 114 valence electrons. The van der Waals surface area contributed by atoms with Crippen molar-refractivity contribution in [2.45, 2.75) is 19.4 Å². The molecule has 0 aromatic carbocycles. The van der Waals surface area contributed by atoms with E-state index >= 15 is 0 Å².